The van der Waals surface area contributed by atoms with E-state index < -0.39 is 29.5 Å². The summed E-state index contributed by atoms with van der Waals surface area (Å²) in [6.45, 7) is 4.58. The molecule has 0 aliphatic heterocycles. The Bertz CT molecular complexity index is 1230. The number of aryl methyl sites for hydroxylation is 1. The standard InChI is InChI=1S/C32H35F3O3/c1-3-4-5-6-19-37-25-15-16-28(29(33)20-25)32(36)38-24-13-11-23(12-14-24)27-18-17-26(30(34)31(27)35)22-9-7-21(2)8-10-22/h7-10,15-18,20,23-24H,3-6,11-14,19H2,1-2H3. The molecule has 1 aliphatic rings. The Kier molecular flexibility index (Phi) is 9.48. The zero-order valence-corrected chi connectivity index (χ0v) is 22.1. The molecule has 0 aromatic heterocycles. The minimum atomic E-state index is -0.844. The number of carbonyl (C=O) groups excluding carboxylic acids is 1. The molecule has 0 atom stereocenters. The summed E-state index contributed by atoms with van der Waals surface area (Å²) in [5, 5.41) is 0. The van der Waals surface area contributed by atoms with E-state index >= 15 is 4.39 Å². The van der Waals surface area contributed by atoms with E-state index in [9.17, 15) is 13.6 Å². The van der Waals surface area contributed by atoms with Gasteiger partial charge in [-0.05, 0) is 68.2 Å². The molecule has 1 fully saturated rings. The zero-order valence-electron chi connectivity index (χ0n) is 22.1. The van der Waals surface area contributed by atoms with Crippen molar-refractivity contribution in [1.82, 2.24) is 0 Å². The summed E-state index contributed by atoms with van der Waals surface area (Å²) in [5.74, 6) is -2.85. The van der Waals surface area contributed by atoms with E-state index in [1.54, 1.807) is 30.3 Å². The molecule has 1 aliphatic carbocycles. The summed E-state index contributed by atoms with van der Waals surface area (Å²) in [7, 11) is 0. The van der Waals surface area contributed by atoms with Crippen molar-refractivity contribution in [1.29, 1.82) is 0 Å². The van der Waals surface area contributed by atoms with Crippen molar-refractivity contribution in [2.75, 3.05) is 6.61 Å². The number of rotatable bonds is 10. The summed E-state index contributed by atoms with van der Waals surface area (Å²) in [6, 6.07) is 14.8. The van der Waals surface area contributed by atoms with Gasteiger partial charge in [0.15, 0.2) is 11.6 Å². The van der Waals surface area contributed by atoms with Gasteiger partial charge in [0, 0.05) is 11.6 Å². The third-order valence-electron chi connectivity index (χ3n) is 7.29. The van der Waals surface area contributed by atoms with Gasteiger partial charge >= 0.3 is 5.97 Å². The summed E-state index contributed by atoms with van der Waals surface area (Å²) in [4.78, 5) is 12.6. The molecule has 0 N–H and O–H groups in total. The average Bonchev–Trinajstić information content (AvgIpc) is 2.91. The van der Waals surface area contributed by atoms with Crippen LogP contribution in [0.1, 0.15) is 85.7 Å². The lowest BCUT2D eigenvalue weighted by Gasteiger charge is -2.29. The number of unbranched alkanes of at least 4 members (excludes halogenated alkanes) is 3. The largest absolute Gasteiger partial charge is 0.493 e. The number of ether oxygens (including phenoxy) is 2. The molecule has 0 amide bonds. The molecule has 38 heavy (non-hydrogen) atoms. The number of hydrogen-bond acceptors (Lipinski definition) is 3. The van der Waals surface area contributed by atoms with Crippen LogP contribution in [0.2, 0.25) is 0 Å². The van der Waals surface area contributed by atoms with E-state index in [2.05, 4.69) is 6.92 Å². The maximum Gasteiger partial charge on any atom is 0.341 e. The zero-order chi connectivity index (χ0) is 27.1. The number of halogens is 3. The van der Waals surface area contributed by atoms with Crippen molar-refractivity contribution >= 4 is 5.97 Å². The molecule has 0 unspecified atom stereocenters. The van der Waals surface area contributed by atoms with Gasteiger partial charge in [0.05, 0.1) is 12.2 Å². The fourth-order valence-electron chi connectivity index (χ4n) is 5.01. The second-order valence-corrected chi connectivity index (χ2v) is 10.1. The van der Waals surface area contributed by atoms with Gasteiger partial charge in [-0.25, -0.2) is 18.0 Å². The second-order valence-electron chi connectivity index (χ2n) is 10.1. The van der Waals surface area contributed by atoms with Gasteiger partial charge in [-0.1, -0.05) is 68.1 Å². The highest BCUT2D eigenvalue weighted by Crippen LogP contribution is 2.38. The Hall–Kier alpha value is -3.28. The normalized spacial score (nSPS) is 17.3. The van der Waals surface area contributed by atoms with Crippen molar-refractivity contribution in [3.05, 3.63) is 88.7 Å². The third-order valence-corrected chi connectivity index (χ3v) is 7.29. The SMILES string of the molecule is CCCCCCOc1ccc(C(=O)OC2CCC(c3ccc(-c4ccc(C)cc4)c(F)c3F)CC2)c(F)c1. The van der Waals surface area contributed by atoms with E-state index in [0.29, 0.717) is 49.2 Å². The first-order valence-electron chi connectivity index (χ1n) is 13.6. The van der Waals surface area contributed by atoms with E-state index in [4.69, 9.17) is 9.47 Å². The molecule has 0 bridgehead atoms. The highest BCUT2D eigenvalue weighted by Gasteiger charge is 2.29. The molecule has 0 saturated heterocycles. The first-order chi connectivity index (χ1) is 18.4. The fourth-order valence-corrected chi connectivity index (χ4v) is 5.01. The number of carbonyl (C=O) groups is 1. The van der Waals surface area contributed by atoms with Crippen LogP contribution in [0.3, 0.4) is 0 Å². The van der Waals surface area contributed by atoms with Gasteiger partial charge in [0.25, 0.3) is 0 Å². The molecule has 4 rings (SSSR count). The Morgan fingerprint density at radius 3 is 2.29 bits per heavy atom. The fraction of sp³-hybridized carbons (Fsp3) is 0.406. The van der Waals surface area contributed by atoms with E-state index in [1.165, 1.54) is 12.1 Å². The predicted molar refractivity (Wildman–Crippen MR) is 143 cm³/mol. The van der Waals surface area contributed by atoms with Crippen LogP contribution >= 0.6 is 0 Å². The monoisotopic (exact) mass is 524 g/mol. The molecule has 3 aromatic rings. The molecule has 0 heterocycles. The number of benzene rings is 3. The van der Waals surface area contributed by atoms with E-state index in [-0.39, 0.29) is 17.0 Å². The lowest BCUT2D eigenvalue weighted by Crippen LogP contribution is -2.24. The summed E-state index contributed by atoms with van der Waals surface area (Å²) >= 11 is 0. The molecule has 6 heteroatoms. The third kappa shape index (κ3) is 6.77. The second kappa shape index (κ2) is 13.0. The van der Waals surface area contributed by atoms with Gasteiger partial charge in [-0.15, -0.1) is 0 Å². The van der Waals surface area contributed by atoms with Crippen molar-refractivity contribution in [3.8, 4) is 16.9 Å². The summed E-state index contributed by atoms with van der Waals surface area (Å²) in [5.41, 5.74) is 2.13. The Balaban J connectivity index is 1.31. The van der Waals surface area contributed by atoms with Crippen LogP contribution in [-0.4, -0.2) is 18.7 Å². The van der Waals surface area contributed by atoms with Gasteiger partial charge in [0.1, 0.15) is 17.7 Å². The first kappa shape index (κ1) is 27.7. The Labute approximate surface area is 223 Å². The van der Waals surface area contributed by atoms with E-state index in [1.807, 2.05) is 19.1 Å². The minimum Gasteiger partial charge on any atom is -0.493 e. The molecular weight excluding hydrogens is 489 g/mol. The Morgan fingerprint density at radius 2 is 1.61 bits per heavy atom. The van der Waals surface area contributed by atoms with Crippen LogP contribution in [0.15, 0.2) is 54.6 Å². The number of esters is 1. The highest BCUT2D eigenvalue weighted by atomic mass is 19.2. The van der Waals surface area contributed by atoms with E-state index in [0.717, 1.165) is 31.2 Å². The molecule has 0 spiro atoms. The Morgan fingerprint density at radius 1 is 0.868 bits per heavy atom. The first-order valence-corrected chi connectivity index (χ1v) is 13.6. The van der Waals surface area contributed by atoms with Gasteiger partial charge in [-0.2, -0.15) is 0 Å². The summed E-state index contributed by atoms with van der Waals surface area (Å²) in [6.07, 6.45) is 5.92. The van der Waals surface area contributed by atoms with Gasteiger partial charge in [0.2, 0.25) is 0 Å². The minimum absolute atomic E-state index is 0.134. The maximum atomic E-state index is 15.0. The molecular formula is C32H35F3O3. The summed E-state index contributed by atoms with van der Waals surface area (Å²) < 4.78 is 55.7. The molecule has 3 nitrogen and oxygen atoms in total. The van der Waals surface area contributed by atoms with Crippen molar-refractivity contribution in [3.63, 3.8) is 0 Å². The lowest BCUT2D eigenvalue weighted by atomic mass is 9.82. The van der Waals surface area contributed by atoms with Crippen LogP contribution in [0.5, 0.6) is 5.75 Å². The number of hydrogen-bond donors (Lipinski definition) is 0. The van der Waals surface area contributed by atoms with Crippen molar-refractivity contribution < 1.29 is 27.4 Å². The lowest BCUT2D eigenvalue weighted by molar-refractivity contribution is 0.0189. The van der Waals surface area contributed by atoms with Gasteiger partial charge in [-0.3, -0.25) is 0 Å². The van der Waals surface area contributed by atoms with Crippen molar-refractivity contribution in [2.24, 2.45) is 0 Å². The smallest absolute Gasteiger partial charge is 0.341 e. The quantitative estimate of drug-likeness (QED) is 0.196. The van der Waals surface area contributed by atoms with Crippen LogP contribution in [-0.2, 0) is 4.74 Å². The predicted octanol–water partition coefficient (Wildman–Crippen LogP) is 8.92. The molecule has 0 radical (unpaired) electrons. The van der Waals surface area contributed by atoms with Crippen LogP contribution < -0.4 is 4.74 Å². The topological polar surface area (TPSA) is 35.5 Å². The van der Waals surface area contributed by atoms with Gasteiger partial charge < -0.3 is 9.47 Å². The maximum absolute atomic E-state index is 15.0. The molecule has 202 valence electrons. The van der Waals surface area contributed by atoms with Crippen LogP contribution in [0.4, 0.5) is 13.2 Å². The molecule has 1 saturated carbocycles. The average molecular weight is 525 g/mol. The molecule has 3 aromatic carbocycles. The van der Waals surface area contributed by atoms with Crippen molar-refractivity contribution in [2.45, 2.75) is 77.2 Å². The van der Waals surface area contributed by atoms with Crippen LogP contribution in [0, 0.1) is 24.4 Å². The highest BCUT2D eigenvalue weighted by molar-refractivity contribution is 5.90. The van der Waals surface area contributed by atoms with Crippen LogP contribution in [0.25, 0.3) is 11.1 Å².